The number of hydrogen-bond acceptors (Lipinski definition) is 3. The van der Waals surface area contributed by atoms with Gasteiger partial charge in [0, 0.05) is 24.8 Å². The Bertz CT molecular complexity index is 786. The Labute approximate surface area is 151 Å². The van der Waals surface area contributed by atoms with Crippen LogP contribution in [0.4, 0.5) is 5.95 Å². The molecule has 1 aliphatic heterocycles. The van der Waals surface area contributed by atoms with Gasteiger partial charge in [0.1, 0.15) is 0 Å². The van der Waals surface area contributed by atoms with Crippen LogP contribution in [0.1, 0.15) is 64.5 Å². The van der Waals surface area contributed by atoms with Crippen LogP contribution >= 0.6 is 0 Å². The van der Waals surface area contributed by atoms with Gasteiger partial charge in [0.2, 0.25) is 5.95 Å². The molecule has 0 spiro atoms. The summed E-state index contributed by atoms with van der Waals surface area (Å²) in [6.07, 6.45) is 6.88. The Morgan fingerprint density at radius 2 is 1.56 bits per heavy atom. The zero-order chi connectivity index (χ0) is 17.7. The quantitative estimate of drug-likeness (QED) is 0.765. The van der Waals surface area contributed by atoms with Crippen LogP contribution in [0.3, 0.4) is 0 Å². The Kier molecular flexibility index (Phi) is 3.86. The van der Waals surface area contributed by atoms with Crippen molar-refractivity contribution in [1.82, 2.24) is 9.97 Å². The molecule has 1 aromatic heterocycles. The molecule has 2 aliphatic rings. The molecule has 0 atom stereocenters. The monoisotopic (exact) mass is 335 g/mol. The molecule has 132 valence electrons. The first kappa shape index (κ1) is 16.6. The predicted octanol–water partition coefficient (Wildman–Crippen LogP) is 5.09. The third-order valence-electron chi connectivity index (χ3n) is 6.18. The number of hydrogen-bond donors (Lipinski definition) is 0. The van der Waals surface area contributed by atoms with E-state index in [0.717, 1.165) is 24.7 Å². The number of aromatic nitrogens is 2. The topological polar surface area (TPSA) is 29.0 Å². The van der Waals surface area contributed by atoms with Gasteiger partial charge in [0.05, 0.1) is 5.69 Å². The van der Waals surface area contributed by atoms with Gasteiger partial charge in [-0.05, 0) is 59.8 Å². The van der Waals surface area contributed by atoms with Crippen molar-refractivity contribution in [3.63, 3.8) is 0 Å². The van der Waals surface area contributed by atoms with E-state index in [2.05, 4.69) is 55.8 Å². The molecule has 1 saturated heterocycles. The van der Waals surface area contributed by atoms with E-state index in [1.54, 1.807) is 0 Å². The Balaban J connectivity index is 1.76. The fourth-order valence-electron chi connectivity index (χ4n) is 4.33. The normalized spacial score (nSPS) is 21.2. The third-order valence-corrected chi connectivity index (χ3v) is 6.18. The molecule has 3 nitrogen and oxygen atoms in total. The molecule has 2 heterocycles. The lowest BCUT2D eigenvalue weighted by molar-refractivity contribution is 0.332. The Morgan fingerprint density at radius 3 is 2.28 bits per heavy atom. The molecule has 25 heavy (non-hydrogen) atoms. The van der Waals surface area contributed by atoms with Crippen LogP contribution in [-0.2, 0) is 10.8 Å². The second-order valence-electron chi connectivity index (χ2n) is 8.96. The molecular formula is C22H29N3. The lowest BCUT2D eigenvalue weighted by atomic mass is 9.63. The third kappa shape index (κ3) is 2.94. The molecular weight excluding hydrogens is 306 g/mol. The van der Waals surface area contributed by atoms with Gasteiger partial charge in [-0.1, -0.05) is 39.8 Å². The molecule has 0 amide bonds. The largest absolute Gasteiger partial charge is 0.341 e. The highest BCUT2D eigenvalue weighted by molar-refractivity contribution is 5.64. The number of benzene rings is 1. The molecule has 3 heteroatoms. The highest BCUT2D eigenvalue weighted by atomic mass is 15.3. The van der Waals surface area contributed by atoms with Crippen molar-refractivity contribution in [2.75, 3.05) is 18.0 Å². The summed E-state index contributed by atoms with van der Waals surface area (Å²) in [7, 11) is 0. The van der Waals surface area contributed by atoms with E-state index >= 15 is 0 Å². The van der Waals surface area contributed by atoms with Crippen molar-refractivity contribution in [2.24, 2.45) is 0 Å². The van der Waals surface area contributed by atoms with Crippen LogP contribution in [0.25, 0.3) is 11.3 Å². The molecule has 1 aromatic carbocycles. The summed E-state index contributed by atoms with van der Waals surface area (Å²) in [4.78, 5) is 11.7. The number of rotatable bonds is 2. The minimum atomic E-state index is 0.228. The van der Waals surface area contributed by atoms with Crippen molar-refractivity contribution in [2.45, 2.75) is 64.2 Å². The van der Waals surface area contributed by atoms with Crippen LogP contribution in [0.2, 0.25) is 0 Å². The predicted molar refractivity (Wildman–Crippen MR) is 104 cm³/mol. The lowest BCUT2D eigenvalue weighted by Crippen LogP contribution is -2.33. The number of anilines is 1. The summed E-state index contributed by atoms with van der Waals surface area (Å²) >= 11 is 0. The molecule has 0 unspecified atom stereocenters. The van der Waals surface area contributed by atoms with Crippen molar-refractivity contribution >= 4 is 5.95 Å². The van der Waals surface area contributed by atoms with Gasteiger partial charge in [-0.25, -0.2) is 9.97 Å². The SMILES string of the molecule is CC1(C)CCC(C)(C)c2cc(-c3ccnc(N4CCCC4)n3)ccc21. The van der Waals surface area contributed by atoms with E-state index in [4.69, 9.17) is 4.98 Å². The van der Waals surface area contributed by atoms with Crippen molar-refractivity contribution in [3.8, 4) is 11.3 Å². The van der Waals surface area contributed by atoms with E-state index in [0.29, 0.717) is 0 Å². The molecule has 0 N–H and O–H groups in total. The maximum Gasteiger partial charge on any atom is 0.225 e. The van der Waals surface area contributed by atoms with Gasteiger partial charge in [-0.2, -0.15) is 0 Å². The lowest BCUT2D eigenvalue weighted by Gasteiger charge is -2.42. The second-order valence-corrected chi connectivity index (χ2v) is 8.96. The molecule has 1 aliphatic carbocycles. The molecule has 4 rings (SSSR count). The molecule has 1 fully saturated rings. The molecule has 0 bridgehead atoms. The molecule has 0 radical (unpaired) electrons. The van der Waals surface area contributed by atoms with Crippen LogP contribution in [0.5, 0.6) is 0 Å². The minimum Gasteiger partial charge on any atom is -0.341 e. The Hall–Kier alpha value is -1.90. The molecule has 2 aromatic rings. The highest BCUT2D eigenvalue weighted by Crippen LogP contribution is 2.46. The van der Waals surface area contributed by atoms with Crippen molar-refractivity contribution in [1.29, 1.82) is 0 Å². The standard InChI is InChI=1S/C22H29N3/c1-21(2)10-11-22(3,4)18-15-16(7-8-17(18)21)19-9-12-23-20(24-19)25-13-5-6-14-25/h7-9,12,15H,5-6,10-11,13-14H2,1-4H3. The van der Waals surface area contributed by atoms with Crippen LogP contribution in [0.15, 0.2) is 30.5 Å². The van der Waals surface area contributed by atoms with E-state index in [9.17, 15) is 0 Å². The number of fused-ring (bicyclic) bond motifs is 1. The van der Waals surface area contributed by atoms with E-state index in [-0.39, 0.29) is 10.8 Å². The van der Waals surface area contributed by atoms with E-state index in [1.807, 2.05) is 12.3 Å². The first-order valence-electron chi connectivity index (χ1n) is 9.60. The summed E-state index contributed by atoms with van der Waals surface area (Å²) in [6, 6.07) is 9.01. The maximum atomic E-state index is 4.87. The summed E-state index contributed by atoms with van der Waals surface area (Å²) < 4.78 is 0. The molecule has 0 saturated carbocycles. The zero-order valence-electron chi connectivity index (χ0n) is 16.0. The van der Waals surface area contributed by atoms with Gasteiger partial charge >= 0.3 is 0 Å². The van der Waals surface area contributed by atoms with Crippen LogP contribution in [0, 0.1) is 0 Å². The maximum absolute atomic E-state index is 4.87. The average molecular weight is 335 g/mol. The Morgan fingerprint density at radius 1 is 0.880 bits per heavy atom. The van der Waals surface area contributed by atoms with Crippen molar-refractivity contribution < 1.29 is 0 Å². The summed E-state index contributed by atoms with van der Waals surface area (Å²) in [6.45, 7) is 11.7. The summed E-state index contributed by atoms with van der Waals surface area (Å²) in [5.74, 6) is 0.882. The summed E-state index contributed by atoms with van der Waals surface area (Å²) in [5.41, 5.74) is 5.73. The fourth-order valence-corrected chi connectivity index (χ4v) is 4.33. The van der Waals surface area contributed by atoms with Crippen molar-refractivity contribution in [3.05, 3.63) is 41.6 Å². The zero-order valence-corrected chi connectivity index (χ0v) is 16.0. The van der Waals surface area contributed by atoms with E-state index in [1.165, 1.54) is 42.4 Å². The second kappa shape index (κ2) is 5.82. The summed E-state index contributed by atoms with van der Waals surface area (Å²) in [5, 5.41) is 0. The fraction of sp³-hybridized carbons (Fsp3) is 0.545. The van der Waals surface area contributed by atoms with Crippen LogP contribution < -0.4 is 4.90 Å². The first-order chi connectivity index (χ1) is 11.9. The average Bonchev–Trinajstić information content (AvgIpc) is 3.14. The van der Waals surface area contributed by atoms with Crippen LogP contribution in [-0.4, -0.2) is 23.1 Å². The highest BCUT2D eigenvalue weighted by Gasteiger charge is 2.37. The van der Waals surface area contributed by atoms with Gasteiger partial charge in [-0.15, -0.1) is 0 Å². The van der Waals surface area contributed by atoms with Gasteiger partial charge in [-0.3, -0.25) is 0 Å². The van der Waals surface area contributed by atoms with Gasteiger partial charge < -0.3 is 4.90 Å². The van der Waals surface area contributed by atoms with Gasteiger partial charge in [0.25, 0.3) is 0 Å². The minimum absolute atomic E-state index is 0.228. The smallest absolute Gasteiger partial charge is 0.225 e. The number of nitrogens with zero attached hydrogens (tertiary/aromatic N) is 3. The van der Waals surface area contributed by atoms with Gasteiger partial charge in [0.15, 0.2) is 0 Å². The van der Waals surface area contributed by atoms with E-state index < -0.39 is 0 Å². The first-order valence-corrected chi connectivity index (χ1v) is 9.60.